The van der Waals surface area contributed by atoms with Crippen LogP contribution in [0.4, 0.5) is 5.82 Å². The summed E-state index contributed by atoms with van der Waals surface area (Å²) in [6.07, 6.45) is 3.49. The molecule has 1 unspecified atom stereocenters. The van der Waals surface area contributed by atoms with Crippen molar-refractivity contribution in [3.63, 3.8) is 0 Å². The molecule has 1 atom stereocenters. The highest BCUT2D eigenvalue weighted by Gasteiger charge is 2.21. The second kappa shape index (κ2) is 6.28. The number of hydrogen-bond donors (Lipinski definition) is 2. The van der Waals surface area contributed by atoms with E-state index < -0.39 is 0 Å². The van der Waals surface area contributed by atoms with Crippen molar-refractivity contribution in [2.45, 2.75) is 39.7 Å². The monoisotopic (exact) mass is 311 g/mol. The lowest BCUT2D eigenvalue weighted by molar-refractivity contribution is 0.352. The summed E-state index contributed by atoms with van der Waals surface area (Å²) in [7, 11) is 0. The zero-order valence-electron chi connectivity index (χ0n) is 13.6. The van der Waals surface area contributed by atoms with Crippen molar-refractivity contribution in [3.05, 3.63) is 36.4 Å². The molecule has 23 heavy (non-hydrogen) atoms. The van der Waals surface area contributed by atoms with E-state index in [9.17, 15) is 0 Å². The molecule has 0 spiro atoms. The minimum Gasteiger partial charge on any atom is -0.359 e. The van der Waals surface area contributed by atoms with Gasteiger partial charge in [-0.1, -0.05) is 38.1 Å². The molecule has 1 aromatic carbocycles. The van der Waals surface area contributed by atoms with Gasteiger partial charge in [-0.2, -0.15) is 5.21 Å². The first-order chi connectivity index (χ1) is 11.0. The average molecular weight is 311 g/mol. The van der Waals surface area contributed by atoms with Crippen molar-refractivity contribution in [1.82, 2.24) is 30.6 Å². The first-order valence-electron chi connectivity index (χ1n) is 7.72. The van der Waals surface area contributed by atoms with Crippen molar-refractivity contribution in [3.8, 4) is 0 Å². The molecule has 2 aromatic heterocycles. The first-order valence-corrected chi connectivity index (χ1v) is 7.72. The van der Waals surface area contributed by atoms with Gasteiger partial charge in [0.05, 0.1) is 11.6 Å². The van der Waals surface area contributed by atoms with Gasteiger partial charge in [-0.25, -0.2) is 9.97 Å². The molecule has 0 fully saturated rings. The molecule has 0 aliphatic rings. The summed E-state index contributed by atoms with van der Waals surface area (Å²) in [6, 6.07) is 7.88. The van der Waals surface area contributed by atoms with E-state index in [2.05, 4.69) is 56.7 Å². The molecule has 0 saturated carbocycles. The number of aromatic nitrogens is 6. The topological polar surface area (TPSA) is 92.3 Å². The van der Waals surface area contributed by atoms with E-state index in [1.807, 2.05) is 24.3 Å². The second-order valence-electron chi connectivity index (χ2n) is 6.81. The Balaban J connectivity index is 1.88. The van der Waals surface area contributed by atoms with Gasteiger partial charge >= 0.3 is 0 Å². The quantitative estimate of drug-likeness (QED) is 0.752. The Bertz CT molecular complexity index is 756. The number of hydrogen-bond acceptors (Lipinski definition) is 6. The number of tetrazole rings is 1. The molecule has 3 aromatic rings. The van der Waals surface area contributed by atoms with Gasteiger partial charge in [0.2, 0.25) is 0 Å². The van der Waals surface area contributed by atoms with Crippen LogP contribution < -0.4 is 5.32 Å². The number of fused-ring (bicyclic) bond motifs is 1. The molecule has 3 rings (SSSR count). The summed E-state index contributed by atoms with van der Waals surface area (Å²) in [5.74, 6) is 1.44. The van der Waals surface area contributed by atoms with E-state index in [0.717, 1.165) is 29.6 Å². The van der Waals surface area contributed by atoms with Crippen LogP contribution in [0.5, 0.6) is 0 Å². The van der Waals surface area contributed by atoms with Gasteiger partial charge in [0.1, 0.15) is 12.1 Å². The largest absolute Gasteiger partial charge is 0.359 e. The lowest BCUT2D eigenvalue weighted by atomic mass is 9.88. The molecule has 0 aliphatic carbocycles. The fraction of sp³-hybridized carbons (Fsp3) is 0.438. The minimum atomic E-state index is -0.0497. The van der Waals surface area contributed by atoms with Gasteiger partial charge in [0.15, 0.2) is 5.82 Å². The van der Waals surface area contributed by atoms with Gasteiger partial charge in [-0.3, -0.25) is 0 Å². The van der Waals surface area contributed by atoms with Crippen molar-refractivity contribution in [2.24, 2.45) is 5.41 Å². The molecule has 0 aliphatic heterocycles. The molecular formula is C16H21N7. The van der Waals surface area contributed by atoms with Gasteiger partial charge in [0, 0.05) is 5.39 Å². The smallest absolute Gasteiger partial charge is 0.196 e. The van der Waals surface area contributed by atoms with Crippen LogP contribution in [-0.2, 0) is 0 Å². The predicted octanol–water partition coefficient (Wildman–Crippen LogP) is 3.12. The number of nitrogens with one attached hydrogen (secondary N) is 2. The fourth-order valence-corrected chi connectivity index (χ4v) is 2.45. The van der Waals surface area contributed by atoms with Crippen LogP contribution in [0, 0.1) is 5.41 Å². The molecule has 0 bridgehead atoms. The number of H-pyrrole nitrogens is 1. The Kier molecular flexibility index (Phi) is 4.18. The third kappa shape index (κ3) is 3.80. The van der Waals surface area contributed by atoms with Gasteiger partial charge in [-0.15, -0.1) is 10.2 Å². The SMILES string of the molecule is CC(C)(C)CCC(Nc1ncnc2ccccc12)c1nn[nH]n1. The van der Waals surface area contributed by atoms with Crippen molar-refractivity contribution < 1.29 is 0 Å². The predicted molar refractivity (Wildman–Crippen MR) is 88.8 cm³/mol. The maximum absolute atomic E-state index is 4.39. The summed E-state index contributed by atoms with van der Waals surface area (Å²) >= 11 is 0. The van der Waals surface area contributed by atoms with Crippen LogP contribution in [-0.4, -0.2) is 30.6 Å². The Morgan fingerprint density at radius 3 is 2.74 bits per heavy atom. The number of anilines is 1. The Labute approximate surface area is 134 Å². The van der Waals surface area contributed by atoms with Gasteiger partial charge in [0.25, 0.3) is 0 Å². The van der Waals surface area contributed by atoms with Crippen LogP contribution in [0.15, 0.2) is 30.6 Å². The minimum absolute atomic E-state index is 0.0497. The third-order valence-corrected chi connectivity index (χ3v) is 3.71. The fourth-order valence-electron chi connectivity index (χ4n) is 2.45. The van der Waals surface area contributed by atoms with Crippen molar-refractivity contribution in [2.75, 3.05) is 5.32 Å². The molecule has 2 N–H and O–H groups in total. The molecule has 2 heterocycles. The highest BCUT2D eigenvalue weighted by atomic mass is 15.5. The van der Waals surface area contributed by atoms with Crippen LogP contribution in [0.25, 0.3) is 10.9 Å². The number of aromatic amines is 1. The van der Waals surface area contributed by atoms with E-state index in [1.165, 1.54) is 0 Å². The second-order valence-corrected chi connectivity index (χ2v) is 6.81. The molecule has 7 heteroatoms. The van der Waals surface area contributed by atoms with Crippen molar-refractivity contribution in [1.29, 1.82) is 0 Å². The van der Waals surface area contributed by atoms with Crippen molar-refractivity contribution >= 4 is 16.7 Å². The highest BCUT2D eigenvalue weighted by molar-refractivity contribution is 5.88. The van der Waals surface area contributed by atoms with Crippen LogP contribution >= 0.6 is 0 Å². The number of nitrogens with zero attached hydrogens (tertiary/aromatic N) is 5. The van der Waals surface area contributed by atoms with Gasteiger partial charge < -0.3 is 5.32 Å². The average Bonchev–Trinajstić information content (AvgIpc) is 3.05. The Hall–Kier alpha value is -2.57. The highest BCUT2D eigenvalue weighted by Crippen LogP contribution is 2.29. The number of benzene rings is 1. The molecule has 0 amide bonds. The Morgan fingerprint density at radius 1 is 1.17 bits per heavy atom. The van der Waals surface area contributed by atoms with E-state index >= 15 is 0 Å². The molecule has 0 radical (unpaired) electrons. The van der Waals surface area contributed by atoms with E-state index in [4.69, 9.17) is 0 Å². The summed E-state index contributed by atoms with van der Waals surface area (Å²) in [6.45, 7) is 6.67. The maximum atomic E-state index is 4.39. The number of rotatable bonds is 5. The number of para-hydroxylation sites is 1. The summed E-state index contributed by atoms with van der Waals surface area (Å²) in [5.41, 5.74) is 1.14. The first kappa shape index (κ1) is 15.3. The Morgan fingerprint density at radius 2 is 2.00 bits per heavy atom. The van der Waals surface area contributed by atoms with Crippen LogP contribution in [0.3, 0.4) is 0 Å². The zero-order chi connectivity index (χ0) is 16.3. The molecular weight excluding hydrogens is 290 g/mol. The third-order valence-electron chi connectivity index (χ3n) is 3.71. The maximum Gasteiger partial charge on any atom is 0.196 e. The summed E-state index contributed by atoms with van der Waals surface area (Å²) in [5, 5.41) is 18.9. The zero-order valence-corrected chi connectivity index (χ0v) is 13.6. The van der Waals surface area contributed by atoms with E-state index in [0.29, 0.717) is 5.82 Å². The van der Waals surface area contributed by atoms with E-state index in [-0.39, 0.29) is 11.5 Å². The van der Waals surface area contributed by atoms with Crippen LogP contribution in [0.2, 0.25) is 0 Å². The lowest BCUT2D eigenvalue weighted by Gasteiger charge is -2.22. The normalized spacial score (nSPS) is 13.2. The summed E-state index contributed by atoms with van der Waals surface area (Å²) in [4.78, 5) is 8.69. The van der Waals surface area contributed by atoms with Crippen LogP contribution in [0.1, 0.15) is 45.5 Å². The van der Waals surface area contributed by atoms with E-state index in [1.54, 1.807) is 6.33 Å². The molecule has 7 nitrogen and oxygen atoms in total. The molecule has 0 saturated heterocycles. The standard InChI is InChI=1S/C16H21N7/c1-16(2,3)9-8-13(15-20-22-23-21-15)19-14-11-6-4-5-7-12(11)17-10-18-14/h4-7,10,13H,8-9H2,1-3H3,(H,17,18,19)(H,20,21,22,23). The van der Waals surface area contributed by atoms with Gasteiger partial charge in [-0.05, 0) is 30.4 Å². The summed E-state index contributed by atoms with van der Waals surface area (Å²) < 4.78 is 0. The molecule has 120 valence electrons. The lowest BCUT2D eigenvalue weighted by Crippen LogP contribution is -2.17.